The normalized spacial score (nSPS) is 11.0. The van der Waals surface area contributed by atoms with Crippen molar-refractivity contribution in [1.29, 1.82) is 0 Å². The second-order valence-electron chi connectivity index (χ2n) is 11.3. The van der Waals surface area contributed by atoms with Crippen molar-refractivity contribution in [1.82, 2.24) is 0 Å². The molecule has 2 rings (SSSR count). The number of ether oxygens (including phenoxy) is 9. The van der Waals surface area contributed by atoms with Crippen LogP contribution in [-0.2, 0) is 42.6 Å². The molecule has 51 heavy (non-hydrogen) atoms. The van der Waals surface area contributed by atoms with Crippen LogP contribution in [0.4, 0.5) is 11.4 Å². The highest BCUT2D eigenvalue weighted by Gasteiger charge is 2.08. The Bertz CT molecular complexity index is 1030. The molecule has 0 aromatic heterocycles. The van der Waals surface area contributed by atoms with Gasteiger partial charge in [-0.15, -0.1) is 0 Å². The lowest BCUT2D eigenvalue weighted by atomic mass is 10.2. The van der Waals surface area contributed by atoms with Gasteiger partial charge < -0.3 is 53.3 Å². The first-order chi connectivity index (χ1) is 25.1. The minimum Gasteiger partial charge on any atom is -0.460 e. The first-order valence-electron chi connectivity index (χ1n) is 18.2. The molecule has 0 bridgehead atoms. The van der Waals surface area contributed by atoms with Gasteiger partial charge in [0.2, 0.25) is 0 Å². The zero-order chi connectivity index (χ0) is 36.5. The van der Waals surface area contributed by atoms with Gasteiger partial charge >= 0.3 is 11.9 Å². The van der Waals surface area contributed by atoms with Gasteiger partial charge in [-0.1, -0.05) is 26.7 Å². The first kappa shape index (κ1) is 43.9. The largest absolute Gasteiger partial charge is 0.460 e. The number of unbranched alkanes of at least 4 members (excludes halogenated alkanes) is 2. The molecular weight excluding hydrogens is 660 g/mol. The molecule has 13 heteroatoms. The molecule has 0 unspecified atom stereocenters. The Hall–Kier alpha value is -3.30. The predicted octanol–water partition coefficient (Wildman–Crippen LogP) is 5.24. The van der Waals surface area contributed by atoms with Crippen LogP contribution in [0.15, 0.2) is 48.5 Å². The van der Waals surface area contributed by atoms with Crippen LogP contribution >= 0.6 is 0 Å². The van der Waals surface area contributed by atoms with Crippen molar-refractivity contribution >= 4 is 23.3 Å². The minimum absolute atomic E-state index is 0.185. The van der Waals surface area contributed by atoms with Crippen LogP contribution in [0.2, 0.25) is 0 Å². The number of carbonyl (C=O) groups excluding carboxylic acids is 2. The molecule has 0 spiro atoms. The standard InChI is InChI=1S/C38H60N2O11/c1-3-5-15-39-35-11-7-33(8-12-35)37(41)50-31-29-48-27-25-46-23-21-44-19-17-43-18-20-45-22-24-47-26-28-49-30-32-51-38(42)34-9-13-36(14-10-34)40-16-6-4-2/h7-14,39-40H,3-6,15-32H2,1-2H3. The Labute approximate surface area is 303 Å². The van der Waals surface area contributed by atoms with Crippen molar-refractivity contribution in [3.05, 3.63) is 59.7 Å². The van der Waals surface area contributed by atoms with E-state index in [1.165, 1.54) is 0 Å². The highest BCUT2D eigenvalue weighted by molar-refractivity contribution is 5.90. The second-order valence-corrected chi connectivity index (χ2v) is 11.3. The third-order valence-electron chi connectivity index (χ3n) is 7.11. The molecule has 0 atom stereocenters. The van der Waals surface area contributed by atoms with Gasteiger partial charge in [0.15, 0.2) is 0 Å². The quantitative estimate of drug-likeness (QED) is 0.0720. The molecule has 0 aliphatic heterocycles. The maximum Gasteiger partial charge on any atom is 0.338 e. The number of hydrogen-bond acceptors (Lipinski definition) is 13. The van der Waals surface area contributed by atoms with Crippen molar-refractivity contribution < 1.29 is 52.2 Å². The lowest BCUT2D eigenvalue weighted by molar-refractivity contribution is -0.0236. The first-order valence-corrected chi connectivity index (χ1v) is 18.2. The second kappa shape index (κ2) is 31.4. The van der Waals surface area contributed by atoms with Gasteiger partial charge in [0.25, 0.3) is 0 Å². The van der Waals surface area contributed by atoms with Gasteiger partial charge in [-0.05, 0) is 61.4 Å². The van der Waals surface area contributed by atoms with Gasteiger partial charge in [-0.2, -0.15) is 0 Å². The van der Waals surface area contributed by atoms with Crippen molar-refractivity contribution in [2.75, 3.05) is 129 Å². The van der Waals surface area contributed by atoms with E-state index in [0.29, 0.717) is 104 Å². The number of hydrogen-bond donors (Lipinski definition) is 2. The fourth-order valence-corrected chi connectivity index (χ4v) is 4.24. The molecule has 288 valence electrons. The fourth-order valence-electron chi connectivity index (χ4n) is 4.24. The number of benzene rings is 2. The number of carbonyl (C=O) groups is 2. The average Bonchev–Trinajstić information content (AvgIpc) is 3.15. The molecule has 0 aliphatic rings. The number of anilines is 2. The van der Waals surface area contributed by atoms with Crippen LogP contribution in [-0.4, -0.2) is 131 Å². The predicted molar refractivity (Wildman–Crippen MR) is 196 cm³/mol. The molecule has 0 saturated carbocycles. The van der Waals surface area contributed by atoms with E-state index in [1.54, 1.807) is 24.3 Å². The van der Waals surface area contributed by atoms with E-state index in [-0.39, 0.29) is 25.2 Å². The van der Waals surface area contributed by atoms with E-state index in [1.807, 2.05) is 24.3 Å². The maximum atomic E-state index is 12.1. The zero-order valence-corrected chi connectivity index (χ0v) is 30.7. The fraction of sp³-hybridized carbons (Fsp3) is 0.632. The highest BCUT2D eigenvalue weighted by Crippen LogP contribution is 2.12. The van der Waals surface area contributed by atoms with Crippen LogP contribution in [0, 0.1) is 0 Å². The summed E-state index contributed by atoms with van der Waals surface area (Å²) in [5.74, 6) is -0.730. The lowest BCUT2D eigenvalue weighted by Gasteiger charge is -2.09. The van der Waals surface area contributed by atoms with Crippen molar-refractivity contribution in [3.63, 3.8) is 0 Å². The van der Waals surface area contributed by atoms with Crippen molar-refractivity contribution in [3.8, 4) is 0 Å². The average molecular weight is 721 g/mol. The van der Waals surface area contributed by atoms with Crippen LogP contribution < -0.4 is 10.6 Å². The van der Waals surface area contributed by atoms with Crippen molar-refractivity contribution in [2.45, 2.75) is 39.5 Å². The van der Waals surface area contributed by atoms with E-state index in [2.05, 4.69) is 24.5 Å². The minimum atomic E-state index is -0.365. The van der Waals surface area contributed by atoms with Crippen LogP contribution in [0.1, 0.15) is 60.2 Å². The third-order valence-corrected chi connectivity index (χ3v) is 7.11. The topological polar surface area (TPSA) is 141 Å². The Balaban J connectivity index is 1.24. The number of nitrogens with one attached hydrogen (secondary N) is 2. The molecule has 2 aromatic rings. The van der Waals surface area contributed by atoms with E-state index in [4.69, 9.17) is 42.6 Å². The summed E-state index contributed by atoms with van der Waals surface area (Å²) >= 11 is 0. The molecule has 13 nitrogen and oxygen atoms in total. The summed E-state index contributed by atoms with van der Waals surface area (Å²) < 4.78 is 48.8. The Morgan fingerprint density at radius 3 is 0.922 bits per heavy atom. The van der Waals surface area contributed by atoms with Gasteiger partial charge in [0.05, 0.1) is 104 Å². The molecule has 0 saturated heterocycles. The maximum absolute atomic E-state index is 12.1. The van der Waals surface area contributed by atoms with Gasteiger partial charge in [-0.25, -0.2) is 9.59 Å². The van der Waals surface area contributed by atoms with E-state index < -0.39 is 0 Å². The Kier molecular flexibility index (Phi) is 27.0. The summed E-state index contributed by atoms with van der Waals surface area (Å²) in [6.45, 7) is 12.5. The smallest absolute Gasteiger partial charge is 0.338 e. The Morgan fingerprint density at radius 2 is 0.667 bits per heavy atom. The number of esters is 2. The summed E-state index contributed by atoms with van der Waals surface area (Å²) in [5, 5.41) is 6.63. The summed E-state index contributed by atoms with van der Waals surface area (Å²) in [6, 6.07) is 14.6. The van der Waals surface area contributed by atoms with E-state index in [9.17, 15) is 9.59 Å². The third kappa shape index (κ3) is 23.7. The monoisotopic (exact) mass is 720 g/mol. The Morgan fingerprint density at radius 1 is 0.412 bits per heavy atom. The lowest BCUT2D eigenvalue weighted by Crippen LogP contribution is -2.15. The molecule has 0 aliphatic carbocycles. The van der Waals surface area contributed by atoms with Crippen LogP contribution in [0.5, 0.6) is 0 Å². The van der Waals surface area contributed by atoms with Crippen LogP contribution in [0.3, 0.4) is 0 Å². The van der Waals surface area contributed by atoms with E-state index in [0.717, 1.165) is 50.1 Å². The van der Waals surface area contributed by atoms with Gasteiger partial charge in [0.1, 0.15) is 13.2 Å². The highest BCUT2D eigenvalue weighted by atomic mass is 16.6. The molecule has 2 N–H and O–H groups in total. The molecule has 0 heterocycles. The summed E-state index contributed by atoms with van der Waals surface area (Å²) in [4.78, 5) is 24.3. The summed E-state index contributed by atoms with van der Waals surface area (Å²) in [6.07, 6.45) is 4.48. The zero-order valence-electron chi connectivity index (χ0n) is 30.7. The molecule has 0 fully saturated rings. The summed E-state index contributed by atoms with van der Waals surface area (Å²) in [7, 11) is 0. The molecule has 2 aromatic carbocycles. The molecular formula is C38H60N2O11. The molecule has 0 amide bonds. The molecule has 0 radical (unpaired) electrons. The van der Waals surface area contributed by atoms with Gasteiger partial charge in [-0.3, -0.25) is 0 Å². The van der Waals surface area contributed by atoms with E-state index >= 15 is 0 Å². The SMILES string of the molecule is CCCCNc1ccc(C(=O)OCCOCCOCCOCCOCCOCCOCCOCCOC(=O)c2ccc(NCCCC)cc2)cc1. The van der Waals surface area contributed by atoms with Crippen molar-refractivity contribution in [2.24, 2.45) is 0 Å². The number of rotatable bonds is 34. The van der Waals surface area contributed by atoms with Gasteiger partial charge in [0, 0.05) is 24.5 Å². The summed E-state index contributed by atoms with van der Waals surface area (Å²) in [5.41, 5.74) is 3.01. The van der Waals surface area contributed by atoms with Crippen LogP contribution in [0.25, 0.3) is 0 Å².